The Labute approximate surface area is 138 Å². The molecule has 7 nitrogen and oxygen atoms in total. The predicted molar refractivity (Wildman–Crippen MR) is 83.7 cm³/mol. The number of amides is 2. The van der Waals surface area contributed by atoms with Crippen molar-refractivity contribution in [2.75, 3.05) is 6.61 Å². The van der Waals surface area contributed by atoms with E-state index in [4.69, 9.17) is 5.11 Å². The average Bonchev–Trinajstić information content (AvgIpc) is 2.89. The number of carboxylic acid groups (broad SMARTS) is 1. The molecule has 0 bridgehead atoms. The van der Waals surface area contributed by atoms with Gasteiger partial charge in [0.15, 0.2) is 0 Å². The summed E-state index contributed by atoms with van der Waals surface area (Å²) >= 11 is 0. The molecule has 1 aromatic carbocycles. The van der Waals surface area contributed by atoms with Gasteiger partial charge in [0.1, 0.15) is 11.7 Å². The maximum absolute atomic E-state index is 12.2. The van der Waals surface area contributed by atoms with Crippen molar-refractivity contribution in [3.8, 4) is 0 Å². The third-order valence-corrected chi connectivity index (χ3v) is 4.39. The van der Waals surface area contributed by atoms with E-state index >= 15 is 0 Å². The Hall–Kier alpha value is -2.67. The van der Waals surface area contributed by atoms with E-state index in [1.165, 1.54) is 4.90 Å². The minimum absolute atomic E-state index is 0.0485. The number of hydrogen-bond acceptors (Lipinski definition) is 4. The van der Waals surface area contributed by atoms with Crippen LogP contribution in [0.25, 0.3) is 0 Å². The maximum Gasteiger partial charge on any atom is 0.352 e. The third-order valence-electron chi connectivity index (χ3n) is 4.39. The second-order valence-corrected chi connectivity index (χ2v) is 5.92. The lowest BCUT2D eigenvalue weighted by Crippen LogP contribution is -2.68. The number of hydrogen-bond donors (Lipinski definition) is 3. The monoisotopic (exact) mass is 330 g/mol. The van der Waals surface area contributed by atoms with Crippen molar-refractivity contribution < 1.29 is 24.6 Å². The van der Waals surface area contributed by atoms with Crippen LogP contribution in [0.4, 0.5) is 0 Å². The number of fused-ring (bicyclic) bond motifs is 1. The molecule has 2 atom stereocenters. The molecule has 1 saturated heterocycles. The number of rotatable bonds is 6. The van der Waals surface area contributed by atoms with Crippen molar-refractivity contribution in [3.05, 3.63) is 47.2 Å². The van der Waals surface area contributed by atoms with Crippen LogP contribution >= 0.6 is 0 Å². The van der Waals surface area contributed by atoms with Crippen LogP contribution in [-0.2, 0) is 20.8 Å². The van der Waals surface area contributed by atoms with E-state index in [9.17, 15) is 19.5 Å². The van der Waals surface area contributed by atoms with Gasteiger partial charge in [0.05, 0.1) is 12.5 Å². The zero-order valence-corrected chi connectivity index (χ0v) is 12.9. The molecule has 0 spiro atoms. The van der Waals surface area contributed by atoms with Gasteiger partial charge >= 0.3 is 5.97 Å². The van der Waals surface area contributed by atoms with E-state index < -0.39 is 17.9 Å². The Bertz CT molecular complexity index is 713. The summed E-state index contributed by atoms with van der Waals surface area (Å²) in [6.07, 6.45) is 0.747. The highest BCUT2D eigenvalue weighted by atomic mass is 16.4. The molecule has 2 amide bonds. The molecule has 1 fully saturated rings. The fraction of sp³-hybridized carbons (Fsp3) is 0.353. The lowest BCUT2D eigenvalue weighted by Gasteiger charge is -2.43. The van der Waals surface area contributed by atoms with E-state index in [2.05, 4.69) is 5.32 Å². The Morgan fingerprint density at radius 3 is 2.58 bits per heavy atom. The summed E-state index contributed by atoms with van der Waals surface area (Å²) in [4.78, 5) is 37.0. The van der Waals surface area contributed by atoms with Gasteiger partial charge in [-0.2, -0.15) is 0 Å². The van der Waals surface area contributed by atoms with E-state index in [1.54, 1.807) is 0 Å². The Kier molecular flexibility index (Phi) is 4.35. The third kappa shape index (κ3) is 2.78. The first-order valence-electron chi connectivity index (χ1n) is 7.75. The number of carbonyl (C=O) groups excluding carboxylic acids is 2. The van der Waals surface area contributed by atoms with Crippen molar-refractivity contribution in [1.29, 1.82) is 0 Å². The van der Waals surface area contributed by atoms with Crippen LogP contribution < -0.4 is 5.32 Å². The number of aliphatic hydroxyl groups excluding tert-OH is 1. The van der Waals surface area contributed by atoms with Crippen LogP contribution in [0, 0.1) is 0 Å². The topological polar surface area (TPSA) is 107 Å². The highest BCUT2D eigenvalue weighted by molar-refractivity contribution is 6.02. The van der Waals surface area contributed by atoms with Gasteiger partial charge in [-0.3, -0.25) is 14.5 Å². The van der Waals surface area contributed by atoms with Crippen LogP contribution in [0.15, 0.2) is 41.6 Å². The molecule has 0 radical (unpaired) electrons. The number of nitrogens with one attached hydrogen (secondary N) is 1. The summed E-state index contributed by atoms with van der Waals surface area (Å²) in [5.74, 6) is -1.86. The fourth-order valence-corrected chi connectivity index (χ4v) is 3.32. The van der Waals surface area contributed by atoms with Gasteiger partial charge in [0.25, 0.3) is 5.91 Å². The van der Waals surface area contributed by atoms with Gasteiger partial charge in [-0.05, 0) is 24.0 Å². The van der Waals surface area contributed by atoms with Crippen molar-refractivity contribution in [2.45, 2.75) is 31.3 Å². The zero-order valence-electron chi connectivity index (χ0n) is 12.9. The van der Waals surface area contributed by atoms with Crippen molar-refractivity contribution >= 4 is 17.8 Å². The average molecular weight is 330 g/mol. The first-order chi connectivity index (χ1) is 11.5. The summed E-state index contributed by atoms with van der Waals surface area (Å²) in [5, 5.41) is 21.0. The molecule has 0 aromatic heterocycles. The van der Waals surface area contributed by atoms with Crippen LogP contribution in [0.5, 0.6) is 0 Å². The van der Waals surface area contributed by atoms with Crippen LogP contribution in [0.2, 0.25) is 0 Å². The lowest BCUT2D eigenvalue weighted by atomic mass is 9.93. The zero-order chi connectivity index (χ0) is 17.3. The molecule has 24 heavy (non-hydrogen) atoms. The molecule has 0 aliphatic carbocycles. The first-order valence-corrected chi connectivity index (χ1v) is 7.75. The van der Waals surface area contributed by atoms with Crippen molar-refractivity contribution in [3.63, 3.8) is 0 Å². The molecule has 7 heteroatoms. The fourth-order valence-electron chi connectivity index (χ4n) is 3.32. The Morgan fingerprint density at radius 1 is 1.25 bits per heavy atom. The summed E-state index contributed by atoms with van der Waals surface area (Å²) in [7, 11) is 0. The van der Waals surface area contributed by atoms with Gasteiger partial charge in [0.2, 0.25) is 5.91 Å². The smallest absolute Gasteiger partial charge is 0.352 e. The molecule has 0 unspecified atom stereocenters. The SMILES string of the molecule is O=C(Cc1ccccc1)N[C@H]1C(=O)N2C(C(=O)O)=C(CCO)C[C@@H]12. The number of benzene rings is 1. The van der Waals surface area contributed by atoms with Crippen LogP contribution in [0.1, 0.15) is 18.4 Å². The second kappa shape index (κ2) is 6.45. The molecule has 2 aliphatic rings. The summed E-state index contributed by atoms with van der Waals surface area (Å²) in [6.45, 7) is -0.175. The van der Waals surface area contributed by atoms with Gasteiger partial charge in [0, 0.05) is 6.61 Å². The first kappa shape index (κ1) is 16.2. The van der Waals surface area contributed by atoms with Gasteiger partial charge in [-0.15, -0.1) is 0 Å². The van der Waals surface area contributed by atoms with E-state index in [0.717, 1.165) is 5.56 Å². The predicted octanol–water partition coefficient (Wildman–Crippen LogP) is 0.0495. The molecular formula is C17H18N2O5. The molecule has 3 rings (SSSR count). The number of carboxylic acids is 1. The Balaban J connectivity index is 1.66. The highest BCUT2D eigenvalue weighted by Gasteiger charge is 2.55. The van der Waals surface area contributed by atoms with E-state index in [-0.39, 0.29) is 37.1 Å². The molecule has 1 aromatic rings. The summed E-state index contributed by atoms with van der Waals surface area (Å²) in [6, 6.07) is 8.10. The maximum atomic E-state index is 12.2. The summed E-state index contributed by atoms with van der Waals surface area (Å²) in [5.41, 5.74) is 1.34. The van der Waals surface area contributed by atoms with Crippen LogP contribution in [-0.4, -0.2) is 51.6 Å². The number of carbonyl (C=O) groups is 3. The van der Waals surface area contributed by atoms with E-state index in [0.29, 0.717) is 12.0 Å². The van der Waals surface area contributed by atoms with Crippen molar-refractivity contribution in [1.82, 2.24) is 10.2 Å². The van der Waals surface area contributed by atoms with Gasteiger partial charge in [-0.25, -0.2) is 4.79 Å². The number of nitrogens with zero attached hydrogens (tertiary/aromatic N) is 1. The summed E-state index contributed by atoms with van der Waals surface area (Å²) < 4.78 is 0. The largest absolute Gasteiger partial charge is 0.477 e. The molecule has 2 aliphatic heterocycles. The van der Waals surface area contributed by atoms with Crippen LogP contribution in [0.3, 0.4) is 0 Å². The highest BCUT2D eigenvalue weighted by Crippen LogP contribution is 2.39. The van der Waals surface area contributed by atoms with Gasteiger partial charge < -0.3 is 15.5 Å². The minimum atomic E-state index is -1.18. The number of β-lactam (4-membered cyclic amide) rings is 1. The molecule has 2 heterocycles. The number of aliphatic hydroxyl groups is 1. The molecule has 3 N–H and O–H groups in total. The lowest BCUT2D eigenvalue weighted by molar-refractivity contribution is -0.152. The standard InChI is InChI=1S/C17H18N2O5/c20-7-6-11-9-12-14(16(22)19(12)15(11)17(23)24)18-13(21)8-10-4-2-1-3-5-10/h1-5,12,14,20H,6-9H2,(H,18,21)(H,23,24)/t12-,14+/m0/s1. The number of aliphatic carboxylic acids is 1. The molecular weight excluding hydrogens is 312 g/mol. The second-order valence-electron chi connectivity index (χ2n) is 5.92. The minimum Gasteiger partial charge on any atom is -0.477 e. The van der Waals surface area contributed by atoms with Gasteiger partial charge in [-0.1, -0.05) is 30.3 Å². The Morgan fingerprint density at radius 2 is 1.96 bits per heavy atom. The molecule has 126 valence electrons. The van der Waals surface area contributed by atoms with E-state index in [1.807, 2.05) is 30.3 Å². The van der Waals surface area contributed by atoms with Crippen molar-refractivity contribution in [2.24, 2.45) is 0 Å². The normalized spacial score (nSPS) is 22.2. The quantitative estimate of drug-likeness (QED) is 0.639. The molecule has 0 saturated carbocycles.